The molecule has 0 aliphatic carbocycles. The van der Waals surface area contributed by atoms with Crippen LogP contribution in [0.5, 0.6) is 0 Å². The fourth-order valence-electron chi connectivity index (χ4n) is 2.92. The second-order valence-corrected chi connectivity index (χ2v) is 5.08. The first-order valence-electron chi connectivity index (χ1n) is 6.78. The molecular formula is C18H14N2. The first kappa shape index (κ1) is 11.2. The summed E-state index contributed by atoms with van der Waals surface area (Å²) in [5, 5.41) is 10.7. The van der Waals surface area contributed by atoms with Gasteiger partial charge in [-0.1, -0.05) is 48.5 Å². The van der Waals surface area contributed by atoms with Gasteiger partial charge in [0.2, 0.25) is 0 Å². The topological polar surface area (TPSA) is 27.1 Å². The van der Waals surface area contributed by atoms with Crippen LogP contribution in [0.25, 0.3) is 11.8 Å². The first-order valence-corrected chi connectivity index (χ1v) is 6.78. The van der Waals surface area contributed by atoms with Gasteiger partial charge in [0.1, 0.15) is 0 Å². The Labute approximate surface area is 117 Å². The van der Waals surface area contributed by atoms with E-state index in [9.17, 15) is 0 Å². The lowest BCUT2D eigenvalue weighted by Crippen LogP contribution is -2.35. The maximum absolute atomic E-state index is 8.34. The maximum Gasteiger partial charge on any atom is 0.0746 e. The molecule has 2 nitrogen and oxygen atoms in total. The number of hydrogen-bond acceptors (Lipinski definition) is 2. The number of allylic oxidation sites excluding steroid dienone is 1. The summed E-state index contributed by atoms with van der Waals surface area (Å²) < 4.78 is 0. The minimum atomic E-state index is 0.671. The monoisotopic (exact) mass is 258 g/mol. The summed E-state index contributed by atoms with van der Waals surface area (Å²) in [5.74, 6) is 0. The van der Waals surface area contributed by atoms with Gasteiger partial charge in [0, 0.05) is 17.8 Å². The molecular weight excluding hydrogens is 244 g/mol. The molecule has 2 heteroatoms. The Morgan fingerprint density at radius 1 is 0.950 bits per heavy atom. The van der Waals surface area contributed by atoms with Crippen LogP contribution in [-0.2, 0) is 0 Å². The SMILES string of the molecule is N=C1CC=CN2C1=c1ccccc1=Cc1ccccc12. The minimum absolute atomic E-state index is 0.671. The largest absolute Gasteiger partial charge is 0.315 e. The molecule has 0 aromatic heterocycles. The quantitative estimate of drug-likeness (QED) is 0.771. The molecule has 0 spiro atoms. The molecule has 2 aromatic rings. The average molecular weight is 258 g/mol. The number of nitrogens with one attached hydrogen (secondary N) is 1. The van der Waals surface area contributed by atoms with Gasteiger partial charge in [-0.3, -0.25) is 0 Å². The van der Waals surface area contributed by atoms with Gasteiger partial charge < -0.3 is 10.3 Å². The summed E-state index contributed by atoms with van der Waals surface area (Å²) in [6.45, 7) is 0. The van der Waals surface area contributed by atoms with Crippen LogP contribution in [0.1, 0.15) is 12.0 Å². The van der Waals surface area contributed by atoms with E-state index >= 15 is 0 Å². The third-order valence-corrected chi connectivity index (χ3v) is 3.83. The van der Waals surface area contributed by atoms with Crippen LogP contribution < -0.4 is 15.3 Å². The molecule has 0 saturated carbocycles. The highest BCUT2D eigenvalue weighted by Gasteiger charge is 2.21. The van der Waals surface area contributed by atoms with Crippen LogP contribution in [-0.4, -0.2) is 5.71 Å². The summed E-state index contributed by atoms with van der Waals surface area (Å²) in [6, 6.07) is 16.7. The van der Waals surface area contributed by atoms with Gasteiger partial charge in [0.05, 0.1) is 17.1 Å². The summed E-state index contributed by atoms with van der Waals surface area (Å²) in [4.78, 5) is 2.14. The van der Waals surface area contributed by atoms with E-state index < -0.39 is 0 Å². The molecule has 20 heavy (non-hydrogen) atoms. The highest BCUT2D eigenvalue weighted by molar-refractivity contribution is 6.22. The van der Waals surface area contributed by atoms with Crippen LogP contribution >= 0.6 is 0 Å². The second-order valence-electron chi connectivity index (χ2n) is 5.08. The van der Waals surface area contributed by atoms with Crippen LogP contribution in [0, 0.1) is 5.41 Å². The zero-order chi connectivity index (χ0) is 13.5. The number of nitrogens with zero attached hydrogens (tertiary/aromatic N) is 1. The molecule has 0 radical (unpaired) electrons. The van der Waals surface area contributed by atoms with Crippen molar-refractivity contribution in [1.82, 2.24) is 0 Å². The number of benzene rings is 2. The molecule has 0 atom stereocenters. The van der Waals surface area contributed by atoms with Gasteiger partial charge in [0.25, 0.3) is 0 Å². The van der Waals surface area contributed by atoms with Crippen molar-refractivity contribution in [3.8, 4) is 0 Å². The molecule has 96 valence electrons. The van der Waals surface area contributed by atoms with Crippen molar-refractivity contribution in [3.63, 3.8) is 0 Å². The Morgan fingerprint density at radius 3 is 2.70 bits per heavy atom. The summed E-state index contributed by atoms with van der Waals surface area (Å²) in [7, 11) is 0. The highest BCUT2D eigenvalue weighted by Crippen LogP contribution is 2.29. The van der Waals surface area contributed by atoms with Crippen molar-refractivity contribution in [3.05, 3.63) is 76.8 Å². The van der Waals surface area contributed by atoms with Crippen molar-refractivity contribution in [2.24, 2.45) is 0 Å². The Morgan fingerprint density at radius 2 is 1.75 bits per heavy atom. The fraction of sp³-hybridized carbons (Fsp3) is 0.0556. The normalized spacial score (nSPS) is 15.9. The molecule has 1 N–H and O–H groups in total. The molecule has 2 aromatic carbocycles. The van der Waals surface area contributed by atoms with E-state index in [0.717, 1.165) is 16.6 Å². The van der Waals surface area contributed by atoms with Gasteiger partial charge in [-0.25, -0.2) is 0 Å². The predicted octanol–water partition coefficient (Wildman–Crippen LogP) is 2.38. The lowest BCUT2D eigenvalue weighted by atomic mass is 10.1. The van der Waals surface area contributed by atoms with Crippen molar-refractivity contribution in [2.75, 3.05) is 4.90 Å². The average Bonchev–Trinajstić information content (AvgIpc) is 2.62. The van der Waals surface area contributed by atoms with Crippen molar-refractivity contribution in [2.45, 2.75) is 6.42 Å². The lowest BCUT2D eigenvalue weighted by Gasteiger charge is -2.28. The van der Waals surface area contributed by atoms with Gasteiger partial charge in [-0.2, -0.15) is 0 Å². The van der Waals surface area contributed by atoms with Gasteiger partial charge in [0.15, 0.2) is 0 Å². The molecule has 2 heterocycles. The van der Waals surface area contributed by atoms with E-state index in [2.05, 4.69) is 59.7 Å². The number of para-hydroxylation sites is 1. The lowest BCUT2D eigenvalue weighted by molar-refractivity contribution is 1.21. The predicted molar refractivity (Wildman–Crippen MR) is 83.1 cm³/mol. The van der Waals surface area contributed by atoms with E-state index in [4.69, 9.17) is 5.41 Å². The molecule has 0 saturated heterocycles. The van der Waals surface area contributed by atoms with Gasteiger partial charge in [-0.15, -0.1) is 0 Å². The standard InChI is InChI=1S/C18H14N2/c19-16-9-5-11-20-17-10-4-2-7-14(17)12-13-6-1-3-8-15(13)18(16)20/h1-8,10-12,19H,9H2. The first-order chi connectivity index (χ1) is 9.84. The molecule has 4 rings (SSSR count). The van der Waals surface area contributed by atoms with Crippen molar-refractivity contribution >= 4 is 23.2 Å². The van der Waals surface area contributed by atoms with Crippen LogP contribution in [0.2, 0.25) is 0 Å². The van der Waals surface area contributed by atoms with E-state index in [1.54, 1.807) is 0 Å². The molecule has 0 bridgehead atoms. The smallest absolute Gasteiger partial charge is 0.0746 e. The Kier molecular flexibility index (Phi) is 2.36. The summed E-state index contributed by atoms with van der Waals surface area (Å²) in [6.07, 6.45) is 7.04. The Hall–Kier alpha value is -2.61. The van der Waals surface area contributed by atoms with Crippen LogP contribution in [0.15, 0.2) is 60.8 Å². The zero-order valence-corrected chi connectivity index (χ0v) is 11.0. The summed E-state index contributed by atoms with van der Waals surface area (Å²) >= 11 is 0. The number of rotatable bonds is 0. The minimum Gasteiger partial charge on any atom is -0.315 e. The van der Waals surface area contributed by atoms with E-state index in [1.165, 1.54) is 10.8 Å². The van der Waals surface area contributed by atoms with E-state index in [0.29, 0.717) is 12.1 Å². The fourth-order valence-corrected chi connectivity index (χ4v) is 2.92. The van der Waals surface area contributed by atoms with Crippen molar-refractivity contribution < 1.29 is 0 Å². The third-order valence-electron chi connectivity index (χ3n) is 3.83. The molecule has 2 aliphatic heterocycles. The molecule has 0 amide bonds. The Balaban J connectivity index is 2.20. The summed E-state index contributed by atoms with van der Waals surface area (Å²) in [5.41, 5.74) is 4.00. The van der Waals surface area contributed by atoms with Crippen LogP contribution in [0.4, 0.5) is 5.69 Å². The number of anilines is 1. The zero-order valence-electron chi connectivity index (χ0n) is 11.0. The molecule has 0 unspecified atom stereocenters. The molecule has 2 aliphatic rings. The third kappa shape index (κ3) is 1.55. The number of fused-ring (bicyclic) bond motifs is 4. The maximum atomic E-state index is 8.34. The van der Waals surface area contributed by atoms with Gasteiger partial charge in [-0.05, 0) is 22.9 Å². The van der Waals surface area contributed by atoms with Gasteiger partial charge >= 0.3 is 0 Å². The molecule has 0 fully saturated rings. The van der Waals surface area contributed by atoms with Crippen molar-refractivity contribution in [1.29, 1.82) is 5.41 Å². The second kappa shape index (κ2) is 4.20. The van der Waals surface area contributed by atoms with E-state index in [-0.39, 0.29) is 0 Å². The van der Waals surface area contributed by atoms with Crippen LogP contribution in [0.3, 0.4) is 0 Å². The Bertz CT molecular complexity index is 859. The number of hydrogen-bond donors (Lipinski definition) is 1. The van der Waals surface area contributed by atoms with E-state index in [1.807, 2.05) is 12.1 Å². The highest BCUT2D eigenvalue weighted by atomic mass is 15.1.